The van der Waals surface area contributed by atoms with Crippen molar-refractivity contribution in [2.75, 3.05) is 19.6 Å². The largest absolute Gasteiger partial charge is 0.330 e. The van der Waals surface area contributed by atoms with Crippen LogP contribution in [0.5, 0.6) is 0 Å². The van der Waals surface area contributed by atoms with Gasteiger partial charge >= 0.3 is 0 Å². The first kappa shape index (κ1) is 13.8. The van der Waals surface area contributed by atoms with Gasteiger partial charge in [-0.05, 0) is 45.3 Å². The molecule has 0 radical (unpaired) electrons. The summed E-state index contributed by atoms with van der Waals surface area (Å²) >= 11 is 0. The molecule has 0 aromatic heterocycles. The van der Waals surface area contributed by atoms with E-state index < -0.39 is 0 Å². The van der Waals surface area contributed by atoms with Gasteiger partial charge in [-0.1, -0.05) is 12.8 Å². The molecule has 0 spiro atoms. The van der Waals surface area contributed by atoms with E-state index in [0.717, 1.165) is 38.9 Å². The van der Waals surface area contributed by atoms with Crippen LogP contribution in [0.1, 0.15) is 38.5 Å². The lowest BCUT2D eigenvalue weighted by Crippen LogP contribution is -2.38. The lowest BCUT2D eigenvalue weighted by atomic mass is 10.2. The van der Waals surface area contributed by atoms with Gasteiger partial charge in [-0.3, -0.25) is 0 Å². The van der Waals surface area contributed by atoms with E-state index in [0.29, 0.717) is 0 Å². The van der Waals surface area contributed by atoms with Crippen molar-refractivity contribution in [2.24, 2.45) is 17.2 Å². The van der Waals surface area contributed by atoms with Gasteiger partial charge in [-0.2, -0.15) is 0 Å². The van der Waals surface area contributed by atoms with Gasteiger partial charge in [0.25, 0.3) is 0 Å². The number of rotatable bonds is 10. The Balaban J connectivity index is 3.02. The third kappa shape index (κ3) is 9.92. The molecule has 1 unspecified atom stereocenters. The van der Waals surface area contributed by atoms with Crippen LogP contribution in [-0.2, 0) is 0 Å². The number of hydrogen-bond acceptors (Lipinski definition) is 4. The predicted molar refractivity (Wildman–Crippen MR) is 61.8 cm³/mol. The SMILES string of the molecule is NCCCCCCNC(N)CCCN. The van der Waals surface area contributed by atoms with Crippen LogP contribution >= 0.6 is 0 Å². The Morgan fingerprint density at radius 2 is 1.50 bits per heavy atom. The number of hydrogen-bond donors (Lipinski definition) is 4. The summed E-state index contributed by atoms with van der Waals surface area (Å²) in [5.41, 5.74) is 16.6. The van der Waals surface area contributed by atoms with E-state index in [2.05, 4.69) is 5.32 Å². The number of nitrogens with one attached hydrogen (secondary N) is 1. The van der Waals surface area contributed by atoms with Gasteiger partial charge in [0.15, 0.2) is 0 Å². The van der Waals surface area contributed by atoms with Gasteiger partial charge in [0.2, 0.25) is 0 Å². The van der Waals surface area contributed by atoms with E-state index in [9.17, 15) is 0 Å². The van der Waals surface area contributed by atoms with E-state index in [-0.39, 0.29) is 6.17 Å². The zero-order chi connectivity index (χ0) is 10.6. The average Bonchev–Trinajstić information content (AvgIpc) is 2.20. The first-order valence-electron chi connectivity index (χ1n) is 5.70. The molecule has 0 bridgehead atoms. The molecule has 14 heavy (non-hydrogen) atoms. The number of unbranched alkanes of at least 4 members (excludes halogenated alkanes) is 3. The Labute approximate surface area is 87.6 Å². The van der Waals surface area contributed by atoms with Crippen molar-refractivity contribution in [3.8, 4) is 0 Å². The van der Waals surface area contributed by atoms with Crippen molar-refractivity contribution < 1.29 is 0 Å². The molecule has 86 valence electrons. The van der Waals surface area contributed by atoms with Crippen molar-refractivity contribution in [1.82, 2.24) is 5.32 Å². The third-order valence-corrected chi connectivity index (χ3v) is 2.26. The standard InChI is InChI=1S/C10H26N4/c11-7-3-1-2-4-9-14-10(13)6-5-8-12/h10,14H,1-9,11-13H2. The predicted octanol–water partition coefficient (Wildman–Crippen LogP) is 0.119. The van der Waals surface area contributed by atoms with Gasteiger partial charge < -0.3 is 22.5 Å². The molecule has 4 nitrogen and oxygen atoms in total. The molecule has 4 heteroatoms. The van der Waals surface area contributed by atoms with Crippen molar-refractivity contribution in [2.45, 2.75) is 44.7 Å². The topological polar surface area (TPSA) is 90.1 Å². The maximum atomic E-state index is 5.81. The fourth-order valence-corrected chi connectivity index (χ4v) is 1.35. The van der Waals surface area contributed by atoms with Gasteiger partial charge in [0, 0.05) is 0 Å². The summed E-state index contributed by atoms with van der Waals surface area (Å²) in [7, 11) is 0. The van der Waals surface area contributed by atoms with Crippen LogP contribution < -0.4 is 22.5 Å². The molecule has 0 saturated heterocycles. The normalized spacial score (nSPS) is 13.1. The second-order valence-electron chi connectivity index (χ2n) is 3.69. The maximum Gasteiger partial charge on any atom is 0.0546 e. The molecule has 7 N–H and O–H groups in total. The highest BCUT2D eigenvalue weighted by molar-refractivity contribution is 4.59. The molecule has 0 aliphatic rings. The fourth-order valence-electron chi connectivity index (χ4n) is 1.35. The van der Waals surface area contributed by atoms with Crippen LogP contribution in [0.2, 0.25) is 0 Å². The first-order valence-corrected chi connectivity index (χ1v) is 5.70. The summed E-state index contributed by atoms with van der Waals surface area (Å²) in [5, 5.41) is 3.29. The molecule has 0 fully saturated rings. The van der Waals surface area contributed by atoms with Crippen LogP contribution in [-0.4, -0.2) is 25.8 Å². The third-order valence-electron chi connectivity index (χ3n) is 2.26. The van der Waals surface area contributed by atoms with Crippen LogP contribution in [0.25, 0.3) is 0 Å². The summed E-state index contributed by atoms with van der Waals surface area (Å²) in [6.45, 7) is 2.55. The minimum Gasteiger partial charge on any atom is -0.330 e. The van der Waals surface area contributed by atoms with Crippen LogP contribution in [0.4, 0.5) is 0 Å². The van der Waals surface area contributed by atoms with Crippen molar-refractivity contribution in [3.05, 3.63) is 0 Å². The highest BCUT2D eigenvalue weighted by Gasteiger charge is 1.99. The number of nitrogens with two attached hydrogens (primary N) is 3. The Bertz CT molecular complexity index is 108. The monoisotopic (exact) mass is 202 g/mol. The Hall–Kier alpha value is -0.160. The van der Waals surface area contributed by atoms with E-state index in [1.54, 1.807) is 0 Å². The smallest absolute Gasteiger partial charge is 0.0546 e. The Morgan fingerprint density at radius 3 is 2.14 bits per heavy atom. The Morgan fingerprint density at radius 1 is 0.857 bits per heavy atom. The van der Waals surface area contributed by atoms with E-state index in [1.807, 2.05) is 0 Å². The molecule has 0 amide bonds. The van der Waals surface area contributed by atoms with E-state index in [4.69, 9.17) is 17.2 Å². The molecule has 0 aromatic rings. The lowest BCUT2D eigenvalue weighted by molar-refractivity contribution is 0.469. The maximum absolute atomic E-state index is 5.81. The highest BCUT2D eigenvalue weighted by atomic mass is 15.0. The Kier molecular flexibility index (Phi) is 10.8. The molecule has 0 saturated carbocycles. The molecule has 0 rings (SSSR count). The average molecular weight is 202 g/mol. The van der Waals surface area contributed by atoms with Gasteiger partial charge in [0.05, 0.1) is 6.17 Å². The molecule has 0 aliphatic carbocycles. The van der Waals surface area contributed by atoms with E-state index >= 15 is 0 Å². The van der Waals surface area contributed by atoms with E-state index in [1.165, 1.54) is 19.3 Å². The summed E-state index contributed by atoms with van der Waals surface area (Å²) in [5.74, 6) is 0. The summed E-state index contributed by atoms with van der Waals surface area (Å²) < 4.78 is 0. The second-order valence-corrected chi connectivity index (χ2v) is 3.69. The molecule has 0 aromatic carbocycles. The molecule has 0 aliphatic heterocycles. The molecular formula is C10H26N4. The van der Waals surface area contributed by atoms with Crippen LogP contribution in [0.15, 0.2) is 0 Å². The second kappa shape index (κ2) is 10.9. The zero-order valence-electron chi connectivity index (χ0n) is 9.17. The van der Waals surface area contributed by atoms with Crippen molar-refractivity contribution >= 4 is 0 Å². The quantitative estimate of drug-likeness (QED) is 0.299. The van der Waals surface area contributed by atoms with Gasteiger partial charge in [0.1, 0.15) is 0 Å². The molecular weight excluding hydrogens is 176 g/mol. The summed E-state index contributed by atoms with van der Waals surface area (Å²) in [6.07, 6.45) is 6.90. The first-order chi connectivity index (χ1) is 6.81. The lowest BCUT2D eigenvalue weighted by Gasteiger charge is -2.12. The highest BCUT2D eigenvalue weighted by Crippen LogP contribution is 1.97. The minimum absolute atomic E-state index is 0.119. The fraction of sp³-hybridized carbons (Fsp3) is 1.00. The van der Waals surface area contributed by atoms with Gasteiger partial charge in [-0.15, -0.1) is 0 Å². The molecule has 1 atom stereocenters. The summed E-state index contributed by atoms with van der Waals surface area (Å²) in [4.78, 5) is 0. The molecule has 0 heterocycles. The van der Waals surface area contributed by atoms with Crippen molar-refractivity contribution in [3.63, 3.8) is 0 Å². The van der Waals surface area contributed by atoms with Gasteiger partial charge in [-0.25, -0.2) is 0 Å². The van der Waals surface area contributed by atoms with Crippen molar-refractivity contribution in [1.29, 1.82) is 0 Å². The minimum atomic E-state index is 0.119. The van der Waals surface area contributed by atoms with Crippen LogP contribution in [0, 0.1) is 0 Å². The zero-order valence-corrected chi connectivity index (χ0v) is 9.17. The van der Waals surface area contributed by atoms with Crippen LogP contribution in [0.3, 0.4) is 0 Å². The summed E-state index contributed by atoms with van der Waals surface area (Å²) in [6, 6.07) is 0.